The minimum absolute atomic E-state index is 0.218. The van der Waals surface area contributed by atoms with Gasteiger partial charge >= 0.3 is 0 Å². The first-order valence-corrected chi connectivity index (χ1v) is 2.32. The molecule has 0 aromatic heterocycles. The molecule has 0 amide bonds. The number of aliphatic hydroxyl groups excluding tert-OH is 1. The summed E-state index contributed by atoms with van der Waals surface area (Å²) in [6.07, 6.45) is 0.218. The van der Waals surface area contributed by atoms with E-state index in [0.29, 0.717) is 0 Å². The van der Waals surface area contributed by atoms with Gasteiger partial charge in [0.05, 0.1) is 13.2 Å². The van der Waals surface area contributed by atoms with Crippen molar-refractivity contribution in [3.63, 3.8) is 0 Å². The molecule has 8 heavy (non-hydrogen) atoms. The second kappa shape index (κ2) is 5.03. The van der Waals surface area contributed by atoms with Crippen LogP contribution in [0.15, 0.2) is 0 Å². The maximum atomic E-state index is 8.72. The average molecular weight is 119 g/mol. The molecule has 49 valence electrons. The van der Waals surface area contributed by atoms with Crippen LogP contribution in [0.3, 0.4) is 0 Å². The molecule has 0 atom stereocenters. The van der Waals surface area contributed by atoms with Crippen molar-refractivity contribution in [2.75, 3.05) is 27.4 Å². The Hall–Kier alpha value is -0.120. The average Bonchev–Trinajstić information content (AvgIpc) is 1.68. The van der Waals surface area contributed by atoms with Crippen LogP contribution in [0.4, 0.5) is 0 Å². The SMILES string of the molecule is COC[C](O)COC. The van der Waals surface area contributed by atoms with E-state index in [9.17, 15) is 0 Å². The van der Waals surface area contributed by atoms with Crippen LogP contribution in [-0.2, 0) is 9.47 Å². The van der Waals surface area contributed by atoms with Crippen molar-refractivity contribution in [2.45, 2.75) is 0 Å². The molecule has 0 bridgehead atoms. The van der Waals surface area contributed by atoms with Gasteiger partial charge in [-0.25, -0.2) is 0 Å². The molecule has 0 saturated heterocycles. The van der Waals surface area contributed by atoms with Gasteiger partial charge in [0.2, 0.25) is 0 Å². The van der Waals surface area contributed by atoms with Gasteiger partial charge < -0.3 is 14.6 Å². The van der Waals surface area contributed by atoms with E-state index in [1.165, 1.54) is 14.2 Å². The Morgan fingerprint density at radius 3 is 1.88 bits per heavy atom. The molecule has 0 spiro atoms. The Balaban J connectivity index is 2.92. The van der Waals surface area contributed by atoms with Crippen molar-refractivity contribution in [3.8, 4) is 0 Å². The van der Waals surface area contributed by atoms with Crippen LogP contribution in [0, 0.1) is 6.10 Å². The van der Waals surface area contributed by atoms with E-state index >= 15 is 0 Å². The third-order valence-electron chi connectivity index (χ3n) is 0.622. The maximum absolute atomic E-state index is 8.72. The van der Waals surface area contributed by atoms with Gasteiger partial charge in [-0.15, -0.1) is 0 Å². The highest BCUT2D eigenvalue weighted by Gasteiger charge is 2.01. The minimum atomic E-state index is 0.218. The molecule has 0 heterocycles. The lowest BCUT2D eigenvalue weighted by Gasteiger charge is -2.04. The summed E-state index contributed by atoms with van der Waals surface area (Å²) in [6.45, 7) is 0.516. The van der Waals surface area contributed by atoms with Gasteiger partial charge in [0.15, 0.2) is 0 Å². The summed E-state index contributed by atoms with van der Waals surface area (Å²) in [7, 11) is 3.04. The van der Waals surface area contributed by atoms with Gasteiger partial charge in [-0.1, -0.05) is 0 Å². The number of methoxy groups -OCH3 is 2. The van der Waals surface area contributed by atoms with Crippen LogP contribution in [0.2, 0.25) is 0 Å². The first kappa shape index (κ1) is 7.88. The molecular weight excluding hydrogens is 108 g/mol. The first-order chi connectivity index (χ1) is 3.81. The van der Waals surface area contributed by atoms with Gasteiger partial charge in [-0.3, -0.25) is 0 Å². The number of hydrogen-bond acceptors (Lipinski definition) is 3. The molecule has 0 aromatic rings. The molecule has 0 unspecified atom stereocenters. The smallest absolute Gasteiger partial charge is 0.144 e. The van der Waals surface area contributed by atoms with Gasteiger partial charge in [-0.05, 0) is 0 Å². The summed E-state index contributed by atoms with van der Waals surface area (Å²) >= 11 is 0. The number of hydrogen-bond donors (Lipinski definition) is 1. The van der Waals surface area contributed by atoms with Gasteiger partial charge in [0.25, 0.3) is 0 Å². The van der Waals surface area contributed by atoms with Crippen LogP contribution < -0.4 is 0 Å². The molecule has 0 fully saturated rings. The van der Waals surface area contributed by atoms with Crippen LogP contribution in [0.1, 0.15) is 0 Å². The van der Waals surface area contributed by atoms with E-state index in [4.69, 9.17) is 5.11 Å². The summed E-state index contributed by atoms with van der Waals surface area (Å²) < 4.78 is 9.18. The van der Waals surface area contributed by atoms with Crippen molar-refractivity contribution in [1.29, 1.82) is 0 Å². The zero-order chi connectivity index (χ0) is 6.41. The molecule has 0 saturated carbocycles. The van der Waals surface area contributed by atoms with Crippen LogP contribution in [0.5, 0.6) is 0 Å². The fraction of sp³-hybridized carbons (Fsp3) is 0.800. The second-order valence-corrected chi connectivity index (χ2v) is 1.43. The Morgan fingerprint density at radius 1 is 1.25 bits per heavy atom. The first-order valence-electron chi connectivity index (χ1n) is 2.32. The third-order valence-corrected chi connectivity index (χ3v) is 0.622. The quantitative estimate of drug-likeness (QED) is 0.574. The second-order valence-electron chi connectivity index (χ2n) is 1.43. The summed E-state index contributed by atoms with van der Waals surface area (Å²) in [4.78, 5) is 0. The summed E-state index contributed by atoms with van der Waals surface area (Å²) in [6, 6.07) is 0. The lowest BCUT2D eigenvalue weighted by molar-refractivity contribution is 0.0785. The minimum Gasteiger partial charge on any atom is -0.382 e. The lowest BCUT2D eigenvalue weighted by Crippen LogP contribution is -2.10. The standard InChI is InChI=1S/C5H11O3/c1-7-3-5(6)4-8-2/h6H,3-4H2,1-2H3. The fourth-order valence-corrected chi connectivity index (χ4v) is 0.375. The van der Waals surface area contributed by atoms with E-state index in [0.717, 1.165) is 0 Å². The highest BCUT2D eigenvalue weighted by Crippen LogP contribution is 1.92. The Bertz CT molecular complexity index is 40.9. The Morgan fingerprint density at radius 2 is 1.62 bits per heavy atom. The van der Waals surface area contributed by atoms with Crippen molar-refractivity contribution in [1.82, 2.24) is 0 Å². The number of ether oxygens (including phenoxy) is 2. The zero-order valence-corrected chi connectivity index (χ0v) is 5.18. The lowest BCUT2D eigenvalue weighted by atomic mass is 10.4. The third kappa shape index (κ3) is 4.05. The molecule has 0 aromatic carbocycles. The van der Waals surface area contributed by atoms with E-state index in [1.807, 2.05) is 0 Å². The molecule has 1 N–H and O–H groups in total. The molecule has 1 radical (unpaired) electrons. The van der Waals surface area contributed by atoms with Crippen molar-refractivity contribution >= 4 is 0 Å². The molecule has 3 heteroatoms. The molecule has 0 aliphatic rings. The van der Waals surface area contributed by atoms with Crippen molar-refractivity contribution < 1.29 is 14.6 Å². The predicted molar refractivity (Wildman–Crippen MR) is 28.9 cm³/mol. The molecule has 0 aliphatic carbocycles. The fourth-order valence-electron chi connectivity index (χ4n) is 0.375. The Kier molecular flexibility index (Phi) is 4.95. The van der Waals surface area contributed by atoms with Gasteiger partial charge in [0, 0.05) is 14.2 Å². The molecular formula is C5H11O3. The normalized spacial score (nSPS) is 10.5. The van der Waals surface area contributed by atoms with E-state index in [2.05, 4.69) is 9.47 Å². The summed E-state index contributed by atoms with van der Waals surface area (Å²) in [5, 5.41) is 8.72. The summed E-state index contributed by atoms with van der Waals surface area (Å²) in [5.74, 6) is 0. The number of rotatable bonds is 4. The van der Waals surface area contributed by atoms with Gasteiger partial charge in [0.1, 0.15) is 6.10 Å². The molecule has 0 rings (SSSR count). The van der Waals surface area contributed by atoms with E-state index < -0.39 is 0 Å². The summed E-state index contributed by atoms with van der Waals surface area (Å²) in [5.41, 5.74) is 0. The van der Waals surface area contributed by atoms with Crippen LogP contribution >= 0.6 is 0 Å². The maximum Gasteiger partial charge on any atom is 0.144 e. The molecule has 3 nitrogen and oxygen atoms in total. The highest BCUT2D eigenvalue weighted by molar-refractivity contribution is 4.72. The number of aliphatic hydroxyl groups is 1. The van der Waals surface area contributed by atoms with Crippen molar-refractivity contribution in [2.24, 2.45) is 0 Å². The highest BCUT2D eigenvalue weighted by atomic mass is 16.5. The van der Waals surface area contributed by atoms with Crippen molar-refractivity contribution in [3.05, 3.63) is 6.10 Å². The van der Waals surface area contributed by atoms with Crippen LogP contribution in [-0.4, -0.2) is 32.5 Å². The van der Waals surface area contributed by atoms with Crippen LogP contribution in [0.25, 0.3) is 0 Å². The topological polar surface area (TPSA) is 38.7 Å². The largest absolute Gasteiger partial charge is 0.382 e. The molecule has 0 aliphatic heterocycles. The predicted octanol–water partition coefficient (Wildman–Crippen LogP) is 0.184. The monoisotopic (exact) mass is 119 g/mol. The van der Waals surface area contributed by atoms with E-state index in [1.54, 1.807) is 0 Å². The van der Waals surface area contributed by atoms with Gasteiger partial charge in [-0.2, -0.15) is 0 Å². The Labute approximate surface area is 49.2 Å². The zero-order valence-electron chi connectivity index (χ0n) is 5.18. The van der Waals surface area contributed by atoms with E-state index in [-0.39, 0.29) is 19.3 Å².